The third-order valence-corrected chi connectivity index (χ3v) is 4.17. The molecule has 0 aliphatic carbocycles. The van der Waals surface area contributed by atoms with Gasteiger partial charge < -0.3 is 10.2 Å². The molecule has 1 fully saturated rings. The molecule has 0 radical (unpaired) electrons. The van der Waals surface area contributed by atoms with Gasteiger partial charge in [-0.15, -0.1) is 0 Å². The van der Waals surface area contributed by atoms with E-state index in [0.717, 1.165) is 24.7 Å². The number of anilines is 1. The van der Waals surface area contributed by atoms with Crippen LogP contribution in [0.3, 0.4) is 0 Å². The monoisotopic (exact) mass is 339 g/mol. The van der Waals surface area contributed by atoms with Gasteiger partial charge in [-0.2, -0.15) is 17.6 Å². The standard InChI is InChI=1S/C17H17F4N3/c18-16-6-5-14(10-23-16)24-8-7-13(11-24)22-9-12-3-1-2-4-15(12)17(19,20)21/h1-6,10,13,22H,7-9,11H2/t13-/m0/s1. The topological polar surface area (TPSA) is 28.2 Å². The van der Waals surface area contributed by atoms with E-state index >= 15 is 0 Å². The SMILES string of the molecule is Fc1ccc(N2CC[C@H](NCc3ccccc3C(F)(F)F)C2)cn1. The fourth-order valence-corrected chi connectivity index (χ4v) is 2.92. The number of nitrogens with zero attached hydrogens (tertiary/aromatic N) is 2. The number of halogens is 4. The molecule has 2 heterocycles. The average molecular weight is 339 g/mol. The maximum Gasteiger partial charge on any atom is 0.416 e. The van der Waals surface area contributed by atoms with Crippen LogP contribution >= 0.6 is 0 Å². The lowest BCUT2D eigenvalue weighted by Gasteiger charge is -2.19. The van der Waals surface area contributed by atoms with E-state index in [0.29, 0.717) is 6.54 Å². The molecule has 0 amide bonds. The smallest absolute Gasteiger partial charge is 0.369 e. The lowest BCUT2D eigenvalue weighted by atomic mass is 10.1. The summed E-state index contributed by atoms with van der Waals surface area (Å²) in [5.74, 6) is -0.531. The lowest BCUT2D eigenvalue weighted by molar-refractivity contribution is -0.138. The molecule has 0 spiro atoms. The molecule has 1 aliphatic heterocycles. The molecule has 1 aromatic heterocycles. The molecule has 1 aliphatic rings. The van der Waals surface area contributed by atoms with Crippen molar-refractivity contribution in [3.05, 3.63) is 59.7 Å². The number of rotatable bonds is 4. The van der Waals surface area contributed by atoms with E-state index in [1.807, 2.05) is 4.90 Å². The number of aromatic nitrogens is 1. The molecule has 3 rings (SSSR count). The van der Waals surface area contributed by atoms with Gasteiger partial charge in [0, 0.05) is 25.7 Å². The Hall–Kier alpha value is -2.15. The third-order valence-electron chi connectivity index (χ3n) is 4.17. The maximum atomic E-state index is 13.0. The maximum absolute atomic E-state index is 13.0. The van der Waals surface area contributed by atoms with E-state index in [9.17, 15) is 17.6 Å². The van der Waals surface area contributed by atoms with E-state index in [1.165, 1.54) is 24.4 Å². The molecular weight excluding hydrogens is 322 g/mol. The molecule has 128 valence electrons. The first kappa shape index (κ1) is 16.7. The van der Waals surface area contributed by atoms with Crippen LogP contribution < -0.4 is 10.2 Å². The first-order chi connectivity index (χ1) is 11.4. The average Bonchev–Trinajstić information content (AvgIpc) is 3.02. The van der Waals surface area contributed by atoms with Crippen LogP contribution in [0, 0.1) is 5.95 Å². The zero-order chi connectivity index (χ0) is 17.2. The highest BCUT2D eigenvalue weighted by Crippen LogP contribution is 2.32. The Morgan fingerprint density at radius 3 is 2.67 bits per heavy atom. The second-order valence-corrected chi connectivity index (χ2v) is 5.81. The zero-order valence-electron chi connectivity index (χ0n) is 12.9. The molecule has 0 bridgehead atoms. The number of nitrogens with one attached hydrogen (secondary N) is 1. The van der Waals surface area contributed by atoms with Crippen LogP contribution in [0.15, 0.2) is 42.6 Å². The first-order valence-electron chi connectivity index (χ1n) is 7.68. The number of pyridine rings is 1. The summed E-state index contributed by atoms with van der Waals surface area (Å²) in [6, 6.07) is 8.63. The van der Waals surface area contributed by atoms with Crippen molar-refractivity contribution in [2.75, 3.05) is 18.0 Å². The van der Waals surface area contributed by atoms with Crippen LogP contribution in [-0.2, 0) is 12.7 Å². The van der Waals surface area contributed by atoms with Gasteiger partial charge in [0.25, 0.3) is 0 Å². The molecule has 0 saturated carbocycles. The van der Waals surface area contributed by atoms with Crippen molar-refractivity contribution in [3.8, 4) is 0 Å². The fraction of sp³-hybridized carbons (Fsp3) is 0.353. The van der Waals surface area contributed by atoms with Gasteiger partial charge in [-0.3, -0.25) is 0 Å². The first-order valence-corrected chi connectivity index (χ1v) is 7.68. The fourth-order valence-electron chi connectivity index (χ4n) is 2.92. The van der Waals surface area contributed by atoms with E-state index in [4.69, 9.17) is 0 Å². The van der Waals surface area contributed by atoms with Gasteiger partial charge in [-0.25, -0.2) is 4.98 Å². The molecule has 1 N–H and O–H groups in total. The van der Waals surface area contributed by atoms with Crippen molar-refractivity contribution in [3.63, 3.8) is 0 Å². The molecule has 7 heteroatoms. The summed E-state index contributed by atoms with van der Waals surface area (Å²) in [4.78, 5) is 5.67. The molecule has 3 nitrogen and oxygen atoms in total. The van der Waals surface area contributed by atoms with Crippen LogP contribution in [0.5, 0.6) is 0 Å². The zero-order valence-corrected chi connectivity index (χ0v) is 12.9. The predicted octanol–water partition coefficient (Wildman–Crippen LogP) is 3.61. The normalized spacial score (nSPS) is 18.2. The van der Waals surface area contributed by atoms with Gasteiger partial charge in [-0.1, -0.05) is 18.2 Å². The molecule has 1 atom stereocenters. The molecule has 1 saturated heterocycles. The number of alkyl halides is 3. The Morgan fingerprint density at radius 1 is 1.17 bits per heavy atom. The third kappa shape index (κ3) is 3.84. The summed E-state index contributed by atoms with van der Waals surface area (Å²) in [5, 5.41) is 3.19. The van der Waals surface area contributed by atoms with Gasteiger partial charge in [0.2, 0.25) is 5.95 Å². The minimum Gasteiger partial charge on any atom is -0.369 e. The van der Waals surface area contributed by atoms with E-state index in [2.05, 4.69) is 10.3 Å². The van der Waals surface area contributed by atoms with Crippen molar-refractivity contribution in [2.24, 2.45) is 0 Å². The highest BCUT2D eigenvalue weighted by atomic mass is 19.4. The summed E-state index contributed by atoms with van der Waals surface area (Å²) in [6.07, 6.45) is -2.07. The van der Waals surface area contributed by atoms with Gasteiger partial charge in [0.15, 0.2) is 0 Å². The van der Waals surface area contributed by atoms with Gasteiger partial charge in [0.05, 0.1) is 17.4 Å². The predicted molar refractivity (Wildman–Crippen MR) is 83.1 cm³/mol. The van der Waals surface area contributed by atoms with Crippen LogP contribution in [0.1, 0.15) is 17.5 Å². The lowest BCUT2D eigenvalue weighted by Crippen LogP contribution is -2.32. The molecular formula is C17H17F4N3. The van der Waals surface area contributed by atoms with Crippen LogP contribution in [0.25, 0.3) is 0 Å². The quantitative estimate of drug-likeness (QED) is 0.681. The van der Waals surface area contributed by atoms with Crippen molar-refractivity contribution >= 4 is 5.69 Å². The van der Waals surface area contributed by atoms with E-state index in [-0.39, 0.29) is 18.2 Å². The minimum atomic E-state index is -4.35. The Labute approximate surface area is 137 Å². The van der Waals surface area contributed by atoms with Gasteiger partial charge in [-0.05, 0) is 30.2 Å². The van der Waals surface area contributed by atoms with Crippen LogP contribution in [0.4, 0.5) is 23.2 Å². The summed E-state index contributed by atoms with van der Waals surface area (Å²) < 4.78 is 51.8. The molecule has 24 heavy (non-hydrogen) atoms. The van der Waals surface area contributed by atoms with Crippen molar-refractivity contribution < 1.29 is 17.6 Å². The summed E-state index contributed by atoms with van der Waals surface area (Å²) >= 11 is 0. The van der Waals surface area contributed by atoms with Crippen LogP contribution in [0.2, 0.25) is 0 Å². The minimum absolute atomic E-state index is 0.0799. The van der Waals surface area contributed by atoms with Crippen molar-refractivity contribution in [2.45, 2.75) is 25.2 Å². The number of hydrogen-bond donors (Lipinski definition) is 1. The molecule has 1 aromatic carbocycles. The Balaban J connectivity index is 1.60. The van der Waals surface area contributed by atoms with Gasteiger partial charge >= 0.3 is 6.18 Å². The summed E-state index contributed by atoms with van der Waals surface area (Å²) in [6.45, 7) is 1.57. The number of benzene rings is 1. The Bertz CT molecular complexity index is 685. The summed E-state index contributed by atoms with van der Waals surface area (Å²) in [5.41, 5.74) is 0.457. The van der Waals surface area contributed by atoms with Crippen molar-refractivity contribution in [1.82, 2.24) is 10.3 Å². The largest absolute Gasteiger partial charge is 0.416 e. The van der Waals surface area contributed by atoms with Crippen LogP contribution in [-0.4, -0.2) is 24.1 Å². The highest BCUT2D eigenvalue weighted by molar-refractivity contribution is 5.45. The van der Waals surface area contributed by atoms with Crippen molar-refractivity contribution in [1.29, 1.82) is 0 Å². The Morgan fingerprint density at radius 2 is 1.96 bits per heavy atom. The highest BCUT2D eigenvalue weighted by Gasteiger charge is 2.33. The Kier molecular flexibility index (Phi) is 4.71. The molecule has 0 unspecified atom stereocenters. The number of hydrogen-bond acceptors (Lipinski definition) is 3. The van der Waals surface area contributed by atoms with Gasteiger partial charge in [0.1, 0.15) is 0 Å². The van der Waals surface area contributed by atoms with E-state index < -0.39 is 17.7 Å². The second-order valence-electron chi connectivity index (χ2n) is 5.81. The van der Waals surface area contributed by atoms with E-state index in [1.54, 1.807) is 12.1 Å². The molecule has 2 aromatic rings. The second kappa shape index (κ2) is 6.76. The summed E-state index contributed by atoms with van der Waals surface area (Å²) in [7, 11) is 0.